The lowest BCUT2D eigenvalue weighted by molar-refractivity contribution is -0.111. The lowest BCUT2D eigenvalue weighted by Crippen LogP contribution is -2.11. The Morgan fingerprint density at radius 2 is 2.19 bits per heavy atom. The van der Waals surface area contributed by atoms with Gasteiger partial charge in [0, 0.05) is 11.5 Å². The number of aryl methyl sites for hydroxylation is 1. The summed E-state index contributed by atoms with van der Waals surface area (Å²) in [6, 6.07) is 5.99. The summed E-state index contributed by atoms with van der Waals surface area (Å²) >= 11 is 1.47. The van der Waals surface area contributed by atoms with E-state index in [9.17, 15) is 13.6 Å². The van der Waals surface area contributed by atoms with Crippen LogP contribution in [0.15, 0.2) is 35.7 Å². The molecule has 2 aromatic rings. The Labute approximate surface area is 124 Å². The molecule has 0 fully saturated rings. The van der Waals surface area contributed by atoms with Gasteiger partial charge in [0.05, 0.1) is 16.4 Å². The number of carbonyl (C=O) groups is 1. The Kier molecular flexibility index (Phi) is 4.99. The van der Waals surface area contributed by atoms with Gasteiger partial charge >= 0.3 is 6.61 Å². The maximum Gasteiger partial charge on any atom is 0.387 e. The summed E-state index contributed by atoms with van der Waals surface area (Å²) in [6.07, 6.45) is 2.84. The summed E-state index contributed by atoms with van der Waals surface area (Å²) in [5.74, 6) is -0.537. The number of anilines is 1. The van der Waals surface area contributed by atoms with E-state index in [1.54, 1.807) is 18.2 Å². The van der Waals surface area contributed by atoms with Gasteiger partial charge in [-0.2, -0.15) is 8.78 Å². The number of thiazole rings is 1. The molecule has 1 N–H and O–H groups in total. The minimum Gasteiger partial charge on any atom is -0.433 e. The maximum atomic E-state index is 12.3. The Hall–Kier alpha value is -2.28. The second kappa shape index (κ2) is 6.94. The Balaban J connectivity index is 2.04. The van der Waals surface area contributed by atoms with Gasteiger partial charge < -0.3 is 10.1 Å². The molecular weight excluding hydrogens is 298 g/mol. The van der Waals surface area contributed by atoms with Gasteiger partial charge in [0.1, 0.15) is 5.75 Å². The van der Waals surface area contributed by atoms with Crippen molar-refractivity contribution in [2.75, 3.05) is 5.32 Å². The zero-order valence-corrected chi connectivity index (χ0v) is 11.9. The maximum absolute atomic E-state index is 12.3. The van der Waals surface area contributed by atoms with Crippen molar-refractivity contribution in [3.8, 4) is 5.75 Å². The first-order valence-corrected chi connectivity index (χ1v) is 6.87. The van der Waals surface area contributed by atoms with Gasteiger partial charge in [-0.15, -0.1) is 11.3 Å². The molecule has 1 amide bonds. The van der Waals surface area contributed by atoms with Gasteiger partial charge in [-0.25, -0.2) is 4.98 Å². The van der Waals surface area contributed by atoms with Crippen molar-refractivity contribution in [1.29, 1.82) is 0 Å². The molecule has 0 aliphatic heterocycles. The third kappa shape index (κ3) is 4.64. The van der Waals surface area contributed by atoms with Gasteiger partial charge in [0.2, 0.25) is 5.91 Å². The van der Waals surface area contributed by atoms with E-state index >= 15 is 0 Å². The third-order valence-electron chi connectivity index (χ3n) is 2.40. The lowest BCUT2D eigenvalue weighted by atomic mass is 10.3. The van der Waals surface area contributed by atoms with Gasteiger partial charge in [0.25, 0.3) is 0 Å². The van der Waals surface area contributed by atoms with E-state index in [-0.39, 0.29) is 11.4 Å². The smallest absolute Gasteiger partial charge is 0.387 e. The number of ether oxygens (including phenoxy) is 1. The highest BCUT2D eigenvalue weighted by Gasteiger charge is 2.10. The molecule has 0 spiro atoms. The number of rotatable bonds is 5. The van der Waals surface area contributed by atoms with E-state index in [4.69, 9.17) is 0 Å². The minimum absolute atomic E-state index is 0.0845. The average Bonchev–Trinajstić information content (AvgIpc) is 2.84. The van der Waals surface area contributed by atoms with Gasteiger partial charge in [-0.1, -0.05) is 12.1 Å². The number of hydrogen-bond acceptors (Lipinski definition) is 4. The van der Waals surface area contributed by atoms with Crippen LogP contribution in [0, 0.1) is 6.92 Å². The molecule has 21 heavy (non-hydrogen) atoms. The summed E-state index contributed by atoms with van der Waals surface area (Å²) in [5, 5.41) is 5.19. The molecule has 0 saturated carbocycles. The van der Waals surface area contributed by atoms with Crippen LogP contribution >= 0.6 is 11.3 Å². The Morgan fingerprint density at radius 1 is 1.43 bits per heavy atom. The zero-order chi connectivity index (χ0) is 15.2. The number of amides is 1. The third-order valence-corrected chi connectivity index (χ3v) is 3.19. The molecule has 0 aliphatic rings. The number of halogens is 2. The molecule has 0 aliphatic carbocycles. The standard InChI is InChI=1S/C14H12F2N2O2S/c1-9-17-10(8-21-9)6-7-13(19)18-11-4-2-3-5-12(11)20-14(15)16/h2-8,14H,1H3,(H,18,19). The fraction of sp³-hybridized carbons (Fsp3) is 0.143. The molecule has 110 valence electrons. The number of benzene rings is 1. The molecule has 1 aromatic carbocycles. The van der Waals surface area contributed by atoms with Gasteiger partial charge in [-0.05, 0) is 25.1 Å². The SMILES string of the molecule is Cc1nc(C=CC(=O)Nc2ccccc2OC(F)F)cs1. The number of aromatic nitrogens is 1. The summed E-state index contributed by atoms with van der Waals surface area (Å²) < 4.78 is 28.8. The van der Waals surface area contributed by atoms with Crippen LogP contribution < -0.4 is 10.1 Å². The molecule has 4 nitrogen and oxygen atoms in total. The van der Waals surface area contributed by atoms with Crippen LogP contribution in [-0.4, -0.2) is 17.5 Å². The van der Waals surface area contributed by atoms with Gasteiger partial charge in [-0.3, -0.25) is 4.79 Å². The fourth-order valence-electron chi connectivity index (χ4n) is 1.56. The molecule has 7 heteroatoms. The quantitative estimate of drug-likeness (QED) is 0.857. The van der Waals surface area contributed by atoms with E-state index in [2.05, 4.69) is 15.0 Å². The monoisotopic (exact) mass is 310 g/mol. The first-order valence-electron chi connectivity index (χ1n) is 5.99. The van der Waals surface area contributed by atoms with E-state index < -0.39 is 12.5 Å². The van der Waals surface area contributed by atoms with E-state index in [0.717, 1.165) is 5.01 Å². The second-order valence-electron chi connectivity index (χ2n) is 3.99. The molecule has 1 aromatic heterocycles. The molecule has 2 rings (SSSR count). The summed E-state index contributed by atoms with van der Waals surface area (Å²) in [5.41, 5.74) is 0.853. The largest absolute Gasteiger partial charge is 0.433 e. The van der Waals surface area contributed by atoms with Gasteiger partial charge in [0.15, 0.2) is 0 Å². The van der Waals surface area contributed by atoms with E-state index in [0.29, 0.717) is 5.69 Å². The predicted octanol–water partition coefficient (Wildman–Crippen LogP) is 3.70. The number of nitrogens with one attached hydrogen (secondary N) is 1. The number of hydrogen-bond donors (Lipinski definition) is 1. The molecule has 0 bridgehead atoms. The van der Waals surface area contributed by atoms with E-state index in [1.807, 2.05) is 12.3 Å². The van der Waals surface area contributed by atoms with Crippen molar-refractivity contribution in [2.45, 2.75) is 13.5 Å². The average molecular weight is 310 g/mol. The highest BCUT2D eigenvalue weighted by atomic mass is 32.1. The molecular formula is C14H12F2N2O2S. The van der Waals surface area contributed by atoms with Crippen molar-refractivity contribution in [2.24, 2.45) is 0 Å². The van der Waals surface area contributed by atoms with Crippen LogP contribution in [0.25, 0.3) is 6.08 Å². The van der Waals surface area contributed by atoms with Crippen molar-refractivity contribution in [1.82, 2.24) is 4.98 Å². The van der Waals surface area contributed by atoms with Crippen LogP contribution in [0.5, 0.6) is 5.75 Å². The number of para-hydroxylation sites is 2. The van der Waals surface area contributed by atoms with Crippen molar-refractivity contribution < 1.29 is 18.3 Å². The number of nitrogens with zero attached hydrogens (tertiary/aromatic N) is 1. The molecule has 1 heterocycles. The summed E-state index contributed by atoms with van der Waals surface area (Å²) in [4.78, 5) is 15.9. The first-order chi connectivity index (χ1) is 10.0. The van der Waals surface area contributed by atoms with Crippen LogP contribution in [0.3, 0.4) is 0 Å². The zero-order valence-electron chi connectivity index (χ0n) is 11.0. The van der Waals surface area contributed by atoms with Crippen LogP contribution in [0.2, 0.25) is 0 Å². The first kappa shape index (κ1) is 15.1. The predicted molar refractivity (Wildman–Crippen MR) is 77.6 cm³/mol. The number of carbonyl (C=O) groups excluding carboxylic acids is 1. The lowest BCUT2D eigenvalue weighted by Gasteiger charge is -2.10. The van der Waals surface area contributed by atoms with E-state index in [1.165, 1.54) is 29.5 Å². The summed E-state index contributed by atoms with van der Waals surface area (Å²) in [6.45, 7) is -1.09. The highest BCUT2D eigenvalue weighted by Crippen LogP contribution is 2.25. The minimum atomic E-state index is -2.95. The highest BCUT2D eigenvalue weighted by molar-refractivity contribution is 7.09. The Bertz CT molecular complexity index is 656. The summed E-state index contributed by atoms with van der Waals surface area (Å²) in [7, 11) is 0. The van der Waals surface area contributed by atoms with Crippen LogP contribution in [0.1, 0.15) is 10.7 Å². The molecule has 0 radical (unpaired) electrons. The van der Waals surface area contributed by atoms with Crippen molar-refractivity contribution >= 4 is 29.0 Å². The second-order valence-corrected chi connectivity index (χ2v) is 5.05. The molecule has 0 saturated heterocycles. The fourth-order valence-corrected chi connectivity index (χ4v) is 2.14. The van der Waals surface area contributed by atoms with Crippen LogP contribution in [-0.2, 0) is 4.79 Å². The Morgan fingerprint density at radius 3 is 2.86 bits per heavy atom. The topological polar surface area (TPSA) is 51.2 Å². The van der Waals surface area contributed by atoms with Crippen molar-refractivity contribution in [3.63, 3.8) is 0 Å². The normalized spacial score (nSPS) is 11.0. The molecule has 0 atom stereocenters. The number of alkyl halides is 2. The van der Waals surface area contributed by atoms with Crippen molar-refractivity contribution in [3.05, 3.63) is 46.4 Å². The molecule has 0 unspecified atom stereocenters. The van der Waals surface area contributed by atoms with Crippen LogP contribution in [0.4, 0.5) is 14.5 Å².